The number of piperazine rings is 1. The first kappa shape index (κ1) is 22.4. The second-order valence-electron chi connectivity index (χ2n) is 8.98. The van der Waals surface area contributed by atoms with Crippen molar-refractivity contribution in [3.63, 3.8) is 0 Å². The van der Waals surface area contributed by atoms with Crippen molar-refractivity contribution in [1.82, 2.24) is 20.4 Å². The second kappa shape index (κ2) is 11.2. The zero-order valence-electron chi connectivity index (χ0n) is 18.4. The molecule has 0 saturated carbocycles. The van der Waals surface area contributed by atoms with Crippen molar-refractivity contribution in [2.75, 3.05) is 65.5 Å². The summed E-state index contributed by atoms with van der Waals surface area (Å²) in [6.45, 7) is 21.8. The molecule has 2 saturated heterocycles. The van der Waals surface area contributed by atoms with Crippen molar-refractivity contribution >= 4 is 5.96 Å². The van der Waals surface area contributed by atoms with E-state index in [1.807, 2.05) is 0 Å². The highest BCUT2D eigenvalue weighted by Crippen LogP contribution is 2.34. The molecule has 2 aliphatic rings. The molecule has 0 aromatic rings. The zero-order valence-corrected chi connectivity index (χ0v) is 18.4. The maximum absolute atomic E-state index is 6.10. The second-order valence-corrected chi connectivity index (χ2v) is 8.98. The van der Waals surface area contributed by atoms with Gasteiger partial charge in [0.05, 0.1) is 6.10 Å². The van der Waals surface area contributed by atoms with Crippen LogP contribution >= 0.6 is 0 Å². The number of hydrogen-bond acceptors (Lipinski definition) is 4. The Bertz CT molecular complexity index is 440. The molecule has 2 atom stereocenters. The van der Waals surface area contributed by atoms with Gasteiger partial charge in [0, 0.05) is 64.9 Å². The first-order valence-electron chi connectivity index (χ1n) is 11.0. The lowest BCUT2D eigenvalue weighted by Crippen LogP contribution is -2.49. The first-order valence-corrected chi connectivity index (χ1v) is 11.0. The first-order chi connectivity index (χ1) is 12.9. The minimum absolute atomic E-state index is 0.174. The minimum Gasteiger partial charge on any atom is -0.377 e. The number of nitrogens with one attached hydrogen (secondary N) is 2. The van der Waals surface area contributed by atoms with Crippen LogP contribution in [0.15, 0.2) is 4.99 Å². The van der Waals surface area contributed by atoms with Gasteiger partial charge in [-0.1, -0.05) is 27.7 Å². The molecule has 0 aromatic carbocycles. The van der Waals surface area contributed by atoms with E-state index < -0.39 is 0 Å². The molecule has 2 heterocycles. The van der Waals surface area contributed by atoms with Crippen LogP contribution in [0.5, 0.6) is 0 Å². The van der Waals surface area contributed by atoms with E-state index in [9.17, 15) is 0 Å². The number of likely N-dealkylation sites (N-methyl/N-ethyl adjacent to an activating group) is 1. The number of nitrogens with zero attached hydrogens (tertiary/aromatic N) is 3. The summed E-state index contributed by atoms with van der Waals surface area (Å²) in [6.07, 6.45) is 2.67. The summed E-state index contributed by atoms with van der Waals surface area (Å²) in [5.41, 5.74) is 0.174. The number of ether oxygens (including phenoxy) is 1. The summed E-state index contributed by atoms with van der Waals surface area (Å²) in [6, 6.07) is 0. The monoisotopic (exact) mass is 381 g/mol. The standard InChI is InChI=1S/C21H43N5O/c1-6-22-20(23-10-11-26-14-12-25(7-2)13-15-26)24-17-18-9-8-16-27-19(18)21(3,4)5/h18-19H,6-17H2,1-5H3,(H2,22,23,24). The van der Waals surface area contributed by atoms with Crippen LogP contribution in [0.4, 0.5) is 0 Å². The number of hydrogen-bond donors (Lipinski definition) is 2. The van der Waals surface area contributed by atoms with Crippen LogP contribution in [-0.4, -0.2) is 87.4 Å². The van der Waals surface area contributed by atoms with Gasteiger partial charge < -0.3 is 20.3 Å². The normalized spacial score (nSPS) is 26.2. The fourth-order valence-corrected chi connectivity index (χ4v) is 4.20. The molecule has 0 amide bonds. The average Bonchev–Trinajstić information content (AvgIpc) is 2.66. The van der Waals surface area contributed by atoms with Crippen LogP contribution in [0.2, 0.25) is 0 Å². The van der Waals surface area contributed by atoms with E-state index in [0.717, 1.165) is 45.2 Å². The summed E-state index contributed by atoms with van der Waals surface area (Å²) in [7, 11) is 0. The molecule has 0 radical (unpaired) electrons. The fraction of sp³-hybridized carbons (Fsp3) is 0.952. The van der Waals surface area contributed by atoms with Crippen molar-refractivity contribution in [1.29, 1.82) is 0 Å². The van der Waals surface area contributed by atoms with Gasteiger partial charge in [-0.3, -0.25) is 9.89 Å². The third-order valence-electron chi connectivity index (χ3n) is 5.76. The van der Waals surface area contributed by atoms with Crippen LogP contribution in [-0.2, 0) is 4.74 Å². The van der Waals surface area contributed by atoms with Crippen molar-refractivity contribution in [2.45, 2.75) is 53.6 Å². The summed E-state index contributed by atoms with van der Waals surface area (Å²) in [4.78, 5) is 9.97. The van der Waals surface area contributed by atoms with Crippen LogP contribution in [0.1, 0.15) is 47.5 Å². The van der Waals surface area contributed by atoms with Gasteiger partial charge in [0.2, 0.25) is 0 Å². The third kappa shape index (κ3) is 7.59. The smallest absolute Gasteiger partial charge is 0.191 e. The third-order valence-corrected chi connectivity index (χ3v) is 5.76. The molecule has 0 bridgehead atoms. The SMILES string of the molecule is CCNC(=NCC1CCCOC1C(C)(C)C)NCCN1CCN(CC)CC1. The number of guanidine groups is 1. The molecule has 0 aromatic heterocycles. The van der Waals surface area contributed by atoms with E-state index in [2.05, 4.69) is 55.1 Å². The molecule has 2 unspecified atom stereocenters. The Hall–Kier alpha value is -0.850. The van der Waals surface area contributed by atoms with Crippen molar-refractivity contribution in [3.05, 3.63) is 0 Å². The Morgan fingerprint density at radius 3 is 2.41 bits per heavy atom. The van der Waals surface area contributed by atoms with Gasteiger partial charge in [-0.05, 0) is 31.7 Å². The van der Waals surface area contributed by atoms with Gasteiger partial charge in [-0.25, -0.2) is 0 Å². The van der Waals surface area contributed by atoms with Crippen molar-refractivity contribution < 1.29 is 4.74 Å². The molecule has 0 aliphatic carbocycles. The van der Waals surface area contributed by atoms with E-state index >= 15 is 0 Å². The maximum atomic E-state index is 6.10. The molecule has 2 fully saturated rings. The molecular weight excluding hydrogens is 338 g/mol. The van der Waals surface area contributed by atoms with Gasteiger partial charge in [0.1, 0.15) is 0 Å². The Morgan fingerprint density at radius 2 is 1.78 bits per heavy atom. The lowest BCUT2D eigenvalue weighted by molar-refractivity contribution is -0.0823. The van der Waals surface area contributed by atoms with Crippen LogP contribution in [0.3, 0.4) is 0 Å². The van der Waals surface area contributed by atoms with E-state index in [4.69, 9.17) is 9.73 Å². The molecule has 27 heavy (non-hydrogen) atoms. The Morgan fingerprint density at radius 1 is 1.07 bits per heavy atom. The minimum atomic E-state index is 0.174. The summed E-state index contributed by atoms with van der Waals surface area (Å²) in [5, 5.41) is 6.93. The molecule has 0 spiro atoms. The number of aliphatic imine (C=N–C) groups is 1. The zero-order chi connectivity index (χ0) is 19.7. The predicted octanol–water partition coefficient (Wildman–Crippen LogP) is 2.02. The van der Waals surface area contributed by atoms with Gasteiger partial charge in [-0.15, -0.1) is 0 Å². The van der Waals surface area contributed by atoms with E-state index in [1.165, 1.54) is 39.1 Å². The Balaban J connectivity index is 1.79. The fourth-order valence-electron chi connectivity index (χ4n) is 4.20. The molecule has 158 valence electrons. The van der Waals surface area contributed by atoms with Crippen LogP contribution in [0.25, 0.3) is 0 Å². The molecule has 2 N–H and O–H groups in total. The average molecular weight is 382 g/mol. The highest BCUT2D eigenvalue weighted by molar-refractivity contribution is 5.79. The summed E-state index contributed by atoms with van der Waals surface area (Å²) in [5.74, 6) is 1.46. The van der Waals surface area contributed by atoms with E-state index in [1.54, 1.807) is 0 Å². The van der Waals surface area contributed by atoms with E-state index in [0.29, 0.717) is 12.0 Å². The molecular formula is C21H43N5O. The highest BCUT2D eigenvalue weighted by atomic mass is 16.5. The summed E-state index contributed by atoms with van der Waals surface area (Å²) < 4.78 is 6.10. The van der Waals surface area contributed by atoms with Gasteiger partial charge >= 0.3 is 0 Å². The molecule has 2 rings (SSSR count). The molecule has 6 heteroatoms. The Kier molecular flexibility index (Phi) is 9.33. The quantitative estimate of drug-likeness (QED) is 0.522. The van der Waals surface area contributed by atoms with Crippen molar-refractivity contribution in [2.24, 2.45) is 16.3 Å². The topological polar surface area (TPSA) is 52.1 Å². The van der Waals surface area contributed by atoms with Gasteiger partial charge in [-0.2, -0.15) is 0 Å². The van der Waals surface area contributed by atoms with Crippen LogP contribution in [0, 0.1) is 11.3 Å². The Labute approximate surface area is 167 Å². The molecule has 6 nitrogen and oxygen atoms in total. The number of rotatable bonds is 7. The summed E-state index contributed by atoms with van der Waals surface area (Å²) >= 11 is 0. The van der Waals surface area contributed by atoms with Crippen LogP contribution < -0.4 is 10.6 Å². The van der Waals surface area contributed by atoms with Gasteiger partial charge in [0.15, 0.2) is 5.96 Å². The van der Waals surface area contributed by atoms with Crippen molar-refractivity contribution in [3.8, 4) is 0 Å². The van der Waals surface area contributed by atoms with E-state index in [-0.39, 0.29) is 5.41 Å². The lowest BCUT2D eigenvalue weighted by Gasteiger charge is -2.39. The predicted molar refractivity (Wildman–Crippen MR) is 114 cm³/mol. The largest absolute Gasteiger partial charge is 0.377 e. The highest BCUT2D eigenvalue weighted by Gasteiger charge is 2.35. The maximum Gasteiger partial charge on any atom is 0.191 e. The molecule has 2 aliphatic heterocycles. The lowest BCUT2D eigenvalue weighted by atomic mass is 9.78. The van der Waals surface area contributed by atoms with Gasteiger partial charge in [0.25, 0.3) is 0 Å².